The average Bonchev–Trinajstić information content (AvgIpc) is 2.57. The van der Waals surface area contributed by atoms with Crippen LogP contribution >= 0.6 is 11.6 Å². The van der Waals surface area contributed by atoms with Gasteiger partial charge in [0.15, 0.2) is 0 Å². The van der Waals surface area contributed by atoms with Gasteiger partial charge in [0, 0.05) is 35.0 Å². The predicted octanol–water partition coefficient (Wildman–Crippen LogP) is -0.679. The molecule has 128 valence electrons. The van der Waals surface area contributed by atoms with Gasteiger partial charge in [-0.15, -0.1) is 0 Å². The molecule has 0 bridgehead atoms. The fourth-order valence-corrected chi connectivity index (χ4v) is 3.32. The van der Waals surface area contributed by atoms with Crippen molar-refractivity contribution < 1.29 is 22.1 Å². The molecule has 0 aliphatic carbocycles. The first-order valence-electron chi connectivity index (χ1n) is 8.14. The lowest BCUT2D eigenvalue weighted by molar-refractivity contribution is -0.918. The summed E-state index contributed by atoms with van der Waals surface area (Å²) in [4.78, 5) is 13.8. The molecule has 0 spiro atoms. The van der Waals surface area contributed by atoms with Gasteiger partial charge in [-0.2, -0.15) is 0 Å². The van der Waals surface area contributed by atoms with Crippen LogP contribution in [0, 0.1) is 0 Å². The molecule has 0 radical (unpaired) electrons. The number of carbonyl (C=O) groups excluding carboxylic acids is 1. The average molecular weight is 365 g/mol. The minimum Gasteiger partial charge on any atom is -1.00 e. The minimum atomic E-state index is -0.0241. The second-order valence-corrected chi connectivity index (χ2v) is 6.61. The van der Waals surface area contributed by atoms with Crippen LogP contribution in [0.15, 0.2) is 54.6 Å². The van der Waals surface area contributed by atoms with Gasteiger partial charge in [-0.3, -0.25) is 4.79 Å². The van der Waals surface area contributed by atoms with Crippen LogP contribution in [-0.2, 0) is 6.54 Å². The van der Waals surface area contributed by atoms with Crippen LogP contribution < -0.4 is 22.6 Å². The van der Waals surface area contributed by atoms with Crippen LogP contribution in [0.3, 0.4) is 0 Å². The number of nitrogens with one attached hydrogen (secondary N) is 2. The first-order chi connectivity index (χ1) is 11.2. The molecule has 0 aromatic heterocycles. The fourth-order valence-electron chi connectivity index (χ4n) is 3.13. The standard InChI is InChI=1S/C19H21ClN2O.ClH/c20-17-8-4-7-16(13-17)19(23)21-18-9-11-22(12-10-18)14-15-5-2-1-3-6-15;/h1-8,13,18H,9-12,14H2,(H,21,23);1H. The Morgan fingerprint density at radius 1 is 1.08 bits per heavy atom. The van der Waals surface area contributed by atoms with Gasteiger partial charge in [0.05, 0.1) is 13.1 Å². The number of amides is 1. The molecule has 0 atom stereocenters. The monoisotopic (exact) mass is 364 g/mol. The van der Waals surface area contributed by atoms with Crippen molar-refractivity contribution in [3.05, 3.63) is 70.7 Å². The molecule has 1 aliphatic rings. The number of hydrogen-bond donors (Lipinski definition) is 2. The molecule has 24 heavy (non-hydrogen) atoms. The smallest absolute Gasteiger partial charge is 0.251 e. The minimum absolute atomic E-state index is 0. The highest BCUT2D eigenvalue weighted by Gasteiger charge is 2.23. The third-order valence-corrected chi connectivity index (χ3v) is 4.65. The summed E-state index contributed by atoms with van der Waals surface area (Å²) in [6.07, 6.45) is 2.04. The van der Waals surface area contributed by atoms with E-state index in [1.54, 1.807) is 23.1 Å². The van der Waals surface area contributed by atoms with Crippen molar-refractivity contribution in [2.75, 3.05) is 13.1 Å². The van der Waals surface area contributed by atoms with E-state index in [1.807, 2.05) is 6.07 Å². The second kappa shape index (κ2) is 9.07. The number of rotatable bonds is 4. The van der Waals surface area contributed by atoms with Crippen molar-refractivity contribution >= 4 is 17.5 Å². The van der Waals surface area contributed by atoms with Crippen molar-refractivity contribution in [1.82, 2.24) is 5.32 Å². The summed E-state index contributed by atoms with van der Waals surface area (Å²) < 4.78 is 0. The van der Waals surface area contributed by atoms with Gasteiger partial charge < -0.3 is 22.6 Å². The van der Waals surface area contributed by atoms with E-state index in [9.17, 15) is 4.79 Å². The molecule has 1 saturated heterocycles. The molecular weight excluding hydrogens is 343 g/mol. The lowest BCUT2D eigenvalue weighted by Crippen LogP contribution is -3.12. The Bertz CT molecular complexity index is 655. The van der Waals surface area contributed by atoms with Crippen molar-refractivity contribution in [2.24, 2.45) is 0 Å². The van der Waals surface area contributed by atoms with Crippen LogP contribution in [0.25, 0.3) is 0 Å². The number of halogens is 2. The zero-order valence-corrected chi connectivity index (χ0v) is 15.0. The van der Waals surface area contributed by atoms with Crippen molar-refractivity contribution in [3.8, 4) is 0 Å². The van der Waals surface area contributed by atoms with Crippen LogP contribution in [0.5, 0.6) is 0 Å². The molecule has 0 saturated carbocycles. The van der Waals surface area contributed by atoms with Gasteiger partial charge in [0.2, 0.25) is 0 Å². The van der Waals surface area contributed by atoms with E-state index in [-0.39, 0.29) is 24.4 Å². The summed E-state index contributed by atoms with van der Waals surface area (Å²) in [5.74, 6) is -0.0241. The number of likely N-dealkylation sites (tertiary alicyclic amines) is 1. The number of piperidine rings is 1. The number of quaternary nitrogens is 1. The lowest BCUT2D eigenvalue weighted by atomic mass is 10.0. The van der Waals surface area contributed by atoms with E-state index in [4.69, 9.17) is 11.6 Å². The van der Waals surface area contributed by atoms with E-state index < -0.39 is 0 Å². The summed E-state index contributed by atoms with van der Waals surface area (Å²) in [6, 6.07) is 18.0. The third kappa shape index (κ3) is 5.23. The molecule has 1 fully saturated rings. The third-order valence-electron chi connectivity index (χ3n) is 4.41. The number of hydrogen-bond acceptors (Lipinski definition) is 1. The molecule has 2 aromatic carbocycles. The number of carbonyl (C=O) groups is 1. The maximum absolute atomic E-state index is 12.3. The zero-order valence-electron chi connectivity index (χ0n) is 13.5. The van der Waals surface area contributed by atoms with Crippen molar-refractivity contribution in [1.29, 1.82) is 0 Å². The molecule has 1 aliphatic heterocycles. The Labute approximate surface area is 154 Å². The van der Waals surface area contributed by atoms with Gasteiger partial charge >= 0.3 is 0 Å². The van der Waals surface area contributed by atoms with E-state index in [0.29, 0.717) is 10.6 Å². The molecule has 3 nitrogen and oxygen atoms in total. The van der Waals surface area contributed by atoms with Gasteiger partial charge in [-0.05, 0) is 18.2 Å². The van der Waals surface area contributed by atoms with E-state index in [2.05, 4.69) is 35.6 Å². The SMILES string of the molecule is O=C(NC1CC[NH+](Cc2ccccc2)CC1)c1cccc(Cl)c1.[Cl-]. The van der Waals surface area contributed by atoms with Crippen LogP contribution in [0.1, 0.15) is 28.8 Å². The first-order valence-corrected chi connectivity index (χ1v) is 8.52. The van der Waals surface area contributed by atoms with E-state index >= 15 is 0 Å². The summed E-state index contributed by atoms with van der Waals surface area (Å²) >= 11 is 5.94. The lowest BCUT2D eigenvalue weighted by Gasteiger charge is -2.29. The van der Waals surface area contributed by atoms with Crippen molar-refractivity contribution in [3.63, 3.8) is 0 Å². The number of benzene rings is 2. The summed E-state index contributed by atoms with van der Waals surface area (Å²) in [7, 11) is 0. The predicted molar refractivity (Wildman–Crippen MR) is 92.8 cm³/mol. The van der Waals surface area contributed by atoms with Crippen molar-refractivity contribution in [2.45, 2.75) is 25.4 Å². The zero-order chi connectivity index (χ0) is 16.1. The molecule has 1 amide bonds. The second-order valence-electron chi connectivity index (χ2n) is 6.17. The van der Waals surface area contributed by atoms with Gasteiger partial charge in [0.25, 0.3) is 5.91 Å². The maximum atomic E-state index is 12.3. The molecule has 3 rings (SSSR count). The van der Waals surface area contributed by atoms with Gasteiger partial charge in [0.1, 0.15) is 6.54 Å². The summed E-state index contributed by atoms with van der Waals surface area (Å²) in [5, 5.41) is 3.73. The topological polar surface area (TPSA) is 33.5 Å². The fraction of sp³-hybridized carbons (Fsp3) is 0.316. The highest BCUT2D eigenvalue weighted by atomic mass is 35.5. The summed E-state index contributed by atoms with van der Waals surface area (Å²) in [5.41, 5.74) is 2.01. The quantitative estimate of drug-likeness (QED) is 0.740. The Hall–Kier alpha value is -1.55. The largest absolute Gasteiger partial charge is 1.00 e. The Morgan fingerprint density at radius 3 is 2.46 bits per heavy atom. The van der Waals surface area contributed by atoms with E-state index in [1.165, 1.54) is 5.56 Å². The Balaban J connectivity index is 0.00000208. The molecule has 2 N–H and O–H groups in total. The highest BCUT2D eigenvalue weighted by Crippen LogP contribution is 2.11. The maximum Gasteiger partial charge on any atom is 0.251 e. The molecular formula is C19H22Cl2N2O. The Kier molecular flexibility index (Phi) is 7.10. The molecule has 2 aromatic rings. The first kappa shape index (κ1) is 18.8. The van der Waals surface area contributed by atoms with Crippen LogP contribution in [0.2, 0.25) is 5.02 Å². The van der Waals surface area contributed by atoms with Gasteiger partial charge in [-0.25, -0.2) is 0 Å². The summed E-state index contributed by atoms with van der Waals surface area (Å²) in [6.45, 7) is 3.25. The Morgan fingerprint density at radius 2 is 1.79 bits per heavy atom. The molecule has 1 heterocycles. The van der Waals surface area contributed by atoms with Gasteiger partial charge in [-0.1, -0.05) is 48.0 Å². The molecule has 0 unspecified atom stereocenters. The highest BCUT2D eigenvalue weighted by molar-refractivity contribution is 6.30. The van der Waals surface area contributed by atoms with Crippen LogP contribution in [0.4, 0.5) is 0 Å². The normalized spacial score (nSPS) is 20.0. The van der Waals surface area contributed by atoms with E-state index in [0.717, 1.165) is 32.5 Å². The molecule has 5 heteroatoms. The van der Waals surface area contributed by atoms with Crippen LogP contribution in [-0.4, -0.2) is 25.0 Å².